The monoisotopic (exact) mass is 470 g/mol. The van der Waals surface area contributed by atoms with Gasteiger partial charge < -0.3 is 9.88 Å². The standard InChI is InChI=1S/C20H15IN4O2/c21-14-3-6-16-17(9-14)18(20(27)24-19(16)26)10-23-15-4-1-13(2-5-15)11-25-8-7-22-12-25/h1-10,12,23H,11H2,(H,24,26,27)/b18-10-. The number of fused-ring (bicyclic) bond motifs is 1. The molecule has 4 rings (SSSR count). The summed E-state index contributed by atoms with van der Waals surface area (Å²) in [6, 6.07) is 13.4. The van der Waals surface area contributed by atoms with Gasteiger partial charge in [-0.05, 0) is 58.5 Å². The molecule has 0 unspecified atom stereocenters. The van der Waals surface area contributed by atoms with Crippen LogP contribution in [0.5, 0.6) is 0 Å². The molecular weight excluding hydrogens is 455 g/mol. The SMILES string of the molecule is O=C1NC(=O)c2ccc(I)cc2/C1=C/Nc1ccc(Cn2ccnc2)cc1. The van der Waals surface area contributed by atoms with Crippen LogP contribution in [0.15, 0.2) is 67.4 Å². The lowest BCUT2D eigenvalue weighted by Crippen LogP contribution is -2.36. The van der Waals surface area contributed by atoms with Crippen LogP contribution in [0.25, 0.3) is 5.57 Å². The van der Waals surface area contributed by atoms with E-state index in [2.05, 4.69) is 38.2 Å². The zero-order chi connectivity index (χ0) is 18.8. The first-order valence-corrected chi connectivity index (χ1v) is 9.35. The van der Waals surface area contributed by atoms with Crippen molar-refractivity contribution in [2.24, 2.45) is 0 Å². The summed E-state index contributed by atoms with van der Waals surface area (Å²) in [6.07, 6.45) is 7.08. The van der Waals surface area contributed by atoms with Gasteiger partial charge in [0.2, 0.25) is 0 Å². The summed E-state index contributed by atoms with van der Waals surface area (Å²) >= 11 is 2.16. The highest BCUT2D eigenvalue weighted by Gasteiger charge is 2.27. The minimum atomic E-state index is -0.404. The van der Waals surface area contributed by atoms with E-state index in [0.29, 0.717) is 16.7 Å². The number of hydrogen-bond donors (Lipinski definition) is 2. The number of amides is 2. The van der Waals surface area contributed by atoms with Crippen LogP contribution in [0.1, 0.15) is 21.5 Å². The predicted octanol–water partition coefficient (Wildman–Crippen LogP) is 3.26. The van der Waals surface area contributed by atoms with Crippen molar-refractivity contribution in [3.05, 3.63) is 87.6 Å². The largest absolute Gasteiger partial charge is 0.361 e. The third-order valence-corrected chi connectivity index (χ3v) is 4.92. The van der Waals surface area contributed by atoms with Crippen molar-refractivity contribution in [1.29, 1.82) is 0 Å². The van der Waals surface area contributed by atoms with Crippen molar-refractivity contribution >= 4 is 45.7 Å². The van der Waals surface area contributed by atoms with Crippen LogP contribution in [0.2, 0.25) is 0 Å². The van der Waals surface area contributed by atoms with E-state index in [0.717, 1.165) is 21.4 Å². The lowest BCUT2D eigenvalue weighted by atomic mass is 9.95. The van der Waals surface area contributed by atoms with Gasteiger partial charge in [-0.3, -0.25) is 14.9 Å². The summed E-state index contributed by atoms with van der Waals surface area (Å²) in [7, 11) is 0. The summed E-state index contributed by atoms with van der Waals surface area (Å²) in [5, 5.41) is 5.53. The molecule has 3 aromatic rings. The molecule has 0 atom stereocenters. The molecular formula is C20H15IN4O2. The maximum Gasteiger partial charge on any atom is 0.260 e. The van der Waals surface area contributed by atoms with Gasteiger partial charge in [-0.2, -0.15) is 0 Å². The first-order valence-electron chi connectivity index (χ1n) is 8.27. The molecule has 1 aliphatic heterocycles. The lowest BCUT2D eigenvalue weighted by Gasteiger charge is -2.18. The Bertz CT molecular complexity index is 1040. The molecule has 0 radical (unpaired) electrons. The number of nitrogens with one attached hydrogen (secondary N) is 2. The van der Waals surface area contributed by atoms with Gasteiger partial charge in [0, 0.05) is 45.5 Å². The highest BCUT2D eigenvalue weighted by Crippen LogP contribution is 2.26. The van der Waals surface area contributed by atoms with Crippen LogP contribution in [0, 0.1) is 3.57 Å². The molecule has 134 valence electrons. The first-order chi connectivity index (χ1) is 13.1. The van der Waals surface area contributed by atoms with E-state index in [1.807, 2.05) is 47.2 Å². The highest BCUT2D eigenvalue weighted by atomic mass is 127. The minimum Gasteiger partial charge on any atom is -0.361 e. The van der Waals surface area contributed by atoms with Crippen molar-refractivity contribution < 1.29 is 9.59 Å². The van der Waals surface area contributed by atoms with Crippen LogP contribution >= 0.6 is 22.6 Å². The average Bonchev–Trinajstić information content (AvgIpc) is 3.15. The second kappa shape index (κ2) is 7.36. The Hall–Kier alpha value is -2.94. The molecule has 2 aromatic carbocycles. The second-order valence-electron chi connectivity index (χ2n) is 6.11. The summed E-state index contributed by atoms with van der Waals surface area (Å²) in [5.41, 5.74) is 3.57. The first kappa shape index (κ1) is 17.5. The van der Waals surface area contributed by atoms with E-state index >= 15 is 0 Å². The van der Waals surface area contributed by atoms with Crippen molar-refractivity contribution in [2.45, 2.75) is 6.54 Å². The number of benzene rings is 2. The van der Waals surface area contributed by atoms with Crippen molar-refractivity contribution in [1.82, 2.24) is 14.9 Å². The van der Waals surface area contributed by atoms with Crippen LogP contribution < -0.4 is 10.6 Å². The highest BCUT2D eigenvalue weighted by molar-refractivity contribution is 14.1. The number of aromatic nitrogens is 2. The molecule has 0 bridgehead atoms. The zero-order valence-electron chi connectivity index (χ0n) is 14.1. The molecule has 0 saturated heterocycles. The van der Waals surface area contributed by atoms with Crippen LogP contribution in [-0.4, -0.2) is 21.4 Å². The topological polar surface area (TPSA) is 76.0 Å². The van der Waals surface area contributed by atoms with Gasteiger partial charge in [-0.15, -0.1) is 0 Å². The van der Waals surface area contributed by atoms with Gasteiger partial charge >= 0.3 is 0 Å². The van der Waals surface area contributed by atoms with Crippen LogP contribution in [0.3, 0.4) is 0 Å². The van der Waals surface area contributed by atoms with Gasteiger partial charge in [-0.25, -0.2) is 4.98 Å². The fourth-order valence-corrected chi connectivity index (χ4v) is 3.38. The van der Waals surface area contributed by atoms with E-state index in [1.165, 1.54) is 0 Å². The molecule has 0 spiro atoms. The Morgan fingerprint density at radius 1 is 1.07 bits per heavy atom. The summed E-state index contributed by atoms with van der Waals surface area (Å²) < 4.78 is 2.95. The number of halogens is 1. The van der Waals surface area contributed by atoms with Gasteiger partial charge in [0.05, 0.1) is 11.9 Å². The number of hydrogen-bond acceptors (Lipinski definition) is 4. The molecule has 2 amide bonds. The fourth-order valence-electron chi connectivity index (χ4n) is 2.89. The molecule has 7 heteroatoms. The number of nitrogens with zero attached hydrogens (tertiary/aromatic N) is 2. The summed E-state index contributed by atoms with van der Waals surface area (Å²) in [5.74, 6) is -0.772. The second-order valence-corrected chi connectivity index (χ2v) is 7.35. The Morgan fingerprint density at radius 3 is 2.63 bits per heavy atom. The molecule has 27 heavy (non-hydrogen) atoms. The smallest absolute Gasteiger partial charge is 0.260 e. The molecule has 1 aliphatic rings. The van der Waals surface area contributed by atoms with E-state index in [1.54, 1.807) is 24.8 Å². The van der Waals surface area contributed by atoms with Crippen molar-refractivity contribution in [2.75, 3.05) is 5.32 Å². The zero-order valence-corrected chi connectivity index (χ0v) is 16.3. The van der Waals surface area contributed by atoms with E-state index in [4.69, 9.17) is 0 Å². The van der Waals surface area contributed by atoms with Gasteiger partial charge in [0.25, 0.3) is 11.8 Å². The maximum atomic E-state index is 12.3. The van der Waals surface area contributed by atoms with E-state index < -0.39 is 5.91 Å². The van der Waals surface area contributed by atoms with Crippen LogP contribution in [0.4, 0.5) is 5.69 Å². The fraction of sp³-hybridized carbons (Fsp3) is 0.0500. The Balaban J connectivity index is 1.55. The Kier molecular flexibility index (Phi) is 4.76. The molecule has 1 aromatic heterocycles. The Morgan fingerprint density at radius 2 is 1.89 bits per heavy atom. The third kappa shape index (κ3) is 3.77. The normalized spacial score (nSPS) is 14.8. The predicted molar refractivity (Wildman–Crippen MR) is 111 cm³/mol. The van der Waals surface area contributed by atoms with Gasteiger partial charge in [-0.1, -0.05) is 12.1 Å². The quantitative estimate of drug-likeness (QED) is 0.349. The van der Waals surface area contributed by atoms with Crippen molar-refractivity contribution in [3.8, 4) is 0 Å². The number of imidazole rings is 1. The number of carbonyl (C=O) groups is 2. The number of carbonyl (C=O) groups excluding carboxylic acids is 2. The van der Waals surface area contributed by atoms with Gasteiger partial charge in [0.15, 0.2) is 0 Å². The average molecular weight is 470 g/mol. The lowest BCUT2D eigenvalue weighted by molar-refractivity contribution is -0.114. The number of anilines is 1. The van der Waals surface area contributed by atoms with E-state index in [-0.39, 0.29) is 5.91 Å². The molecule has 2 heterocycles. The number of imide groups is 1. The summed E-state index contributed by atoms with van der Waals surface area (Å²) in [4.78, 5) is 28.3. The van der Waals surface area contributed by atoms with E-state index in [9.17, 15) is 9.59 Å². The molecule has 2 N–H and O–H groups in total. The maximum absolute atomic E-state index is 12.3. The Labute approximate surface area is 169 Å². The minimum absolute atomic E-state index is 0.368. The van der Waals surface area contributed by atoms with Crippen LogP contribution in [-0.2, 0) is 11.3 Å². The molecule has 0 saturated carbocycles. The molecule has 0 aliphatic carbocycles. The third-order valence-electron chi connectivity index (χ3n) is 4.25. The number of rotatable bonds is 4. The molecule has 6 nitrogen and oxygen atoms in total. The van der Waals surface area contributed by atoms with Gasteiger partial charge in [0.1, 0.15) is 0 Å². The summed E-state index contributed by atoms with van der Waals surface area (Å²) in [6.45, 7) is 0.748. The molecule has 0 fully saturated rings. The van der Waals surface area contributed by atoms with Crippen molar-refractivity contribution in [3.63, 3.8) is 0 Å².